The summed E-state index contributed by atoms with van der Waals surface area (Å²) in [6, 6.07) is 22.4. The van der Waals surface area contributed by atoms with Gasteiger partial charge in [0.15, 0.2) is 11.5 Å². The maximum absolute atomic E-state index is 12.7. The summed E-state index contributed by atoms with van der Waals surface area (Å²) in [5, 5.41) is 9.44. The standard InChI is InChI=1S/C23H18BrNO4S/c1-28-23-14-18(9-12-22(23)29-16-17-7-10-19(24)11-8-17)13-21(15-25)30(26,27)20-5-3-2-4-6-20/h2-14H,16H2,1H3. The second kappa shape index (κ2) is 9.61. The molecule has 3 rings (SSSR count). The molecule has 0 aliphatic carbocycles. The zero-order valence-electron chi connectivity index (χ0n) is 16.1. The third-order valence-electron chi connectivity index (χ3n) is 4.25. The van der Waals surface area contributed by atoms with E-state index in [4.69, 9.17) is 9.47 Å². The number of nitrogens with zero attached hydrogens (tertiary/aromatic N) is 1. The lowest BCUT2D eigenvalue weighted by molar-refractivity contribution is 0.284. The number of nitriles is 1. The van der Waals surface area contributed by atoms with Gasteiger partial charge in [-0.25, -0.2) is 8.42 Å². The molecular formula is C23H18BrNO4S. The van der Waals surface area contributed by atoms with E-state index in [9.17, 15) is 13.7 Å². The van der Waals surface area contributed by atoms with Crippen LogP contribution in [0.3, 0.4) is 0 Å². The van der Waals surface area contributed by atoms with E-state index in [0.29, 0.717) is 23.7 Å². The number of ether oxygens (including phenoxy) is 2. The summed E-state index contributed by atoms with van der Waals surface area (Å²) in [5.41, 5.74) is 1.50. The first-order chi connectivity index (χ1) is 14.4. The van der Waals surface area contributed by atoms with E-state index in [2.05, 4.69) is 15.9 Å². The topological polar surface area (TPSA) is 76.4 Å². The molecule has 0 saturated carbocycles. The van der Waals surface area contributed by atoms with Gasteiger partial charge >= 0.3 is 0 Å². The minimum Gasteiger partial charge on any atom is -0.493 e. The van der Waals surface area contributed by atoms with Crippen molar-refractivity contribution in [2.45, 2.75) is 11.5 Å². The minimum atomic E-state index is -3.90. The Morgan fingerprint density at radius 2 is 1.73 bits per heavy atom. The van der Waals surface area contributed by atoms with E-state index in [1.165, 1.54) is 25.3 Å². The molecule has 0 radical (unpaired) electrons. The van der Waals surface area contributed by atoms with Crippen LogP contribution < -0.4 is 9.47 Å². The van der Waals surface area contributed by atoms with Crippen LogP contribution in [0.5, 0.6) is 11.5 Å². The molecule has 0 heterocycles. The third kappa shape index (κ3) is 5.09. The van der Waals surface area contributed by atoms with Crippen molar-refractivity contribution in [1.82, 2.24) is 0 Å². The molecule has 3 aromatic rings. The van der Waals surface area contributed by atoms with Crippen molar-refractivity contribution in [1.29, 1.82) is 5.26 Å². The van der Waals surface area contributed by atoms with E-state index >= 15 is 0 Å². The Morgan fingerprint density at radius 3 is 2.37 bits per heavy atom. The fourth-order valence-electron chi connectivity index (χ4n) is 2.68. The molecule has 0 spiro atoms. The van der Waals surface area contributed by atoms with Gasteiger partial charge in [-0.3, -0.25) is 0 Å². The van der Waals surface area contributed by atoms with Gasteiger partial charge in [0.1, 0.15) is 17.6 Å². The molecule has 30 heavy (non-hydrogen) atoms. The average molecular weight is 484 g/mol. The molecule has 0 aliphatic heterocycles. The van der Waals surface area contributed by atoms with Crippen LogP contribution in [0, 0.1) is 11.3 Å². The van der Waals surface area contributed by atoms with E-state index in [-0.39, 0.29) is 9.80 Å². The summed E-state index contributed by atoms with van der Waals surface area (Å²) in [5.74, 6) is 0.956. The van der Waals surface area contributed by atoms with E-state index in [0.717, 1.165) is 10.0 Å². The highest BCUT2D eigenvalue weighted by atomic mass is 79.9. The van der Waals surface area contributed by atoms with E-state index in [1.807, 2.05) is 24.3 Å². The molecule has 0 atom stereocenters. The fourth-order valence-corrected chi connectivity index (χ4v) is 4.13. The molecule has 0 saturated heterocycles. The molecule has 0 aliphatic rings. The lowest BCUT2D eigenvalue weighted by Crippen LogP contribution is -2.03. The Bertz CT molecular complexity index is 1200. The van der Waals surface area contributed by atoms with Crippen molar-refractivity contribution in [2.24, 2.45) is 0 Å². The number of halogens is 1. The number of sulfone groups is 1. The zero-order chi connectivity index (χ0) is 21.6. The van der Waals surface area contributed by atoms with Gasteiger partial charge < -0.3 is 9.47 Å². The molecule has 152 valence electrons. The third-order valence-corrected chi connectivity index (χ3v) is 6.46. The Balaban J connectivity index is 1.86. The average Bonchev–Trinajstić information content (AvgIpc) is 2.77. The predicted molar refractivity (Wildman–Crippen MR) is 119 cm³/mol. The molecule has 5 nitrogen and oxygen atoms in total. The van der Waals surface area contributed by atoms with Crippen LogP contribution in [-0.2, 0) is 16.4 Å². The number of hydrogen-bond acceptors (Lipinski definition) is 5. The van der Waals surface area contributed by atoms with Crippen LogP contribution in [0.4, 0.5) is 0 Å². The first-order valence-electron chi connectivity index (χ1n) is 8.91. The first kappa shape index (κ1) is 21.6. The lowest BCUT2D eigenvalue weighted by Gasteiger charge is -2.12. The zero-order valence-corrected chi connectivity index (χ0v) is 18.5. The molecule has 0 amide bonds. The highest BCUT2D eigenvalue weighted by Gasteiger charge is 2.20. The van der Waals surface area contributed by atoms with E-state index in [1.54, 1.807) is 42.5 Å². The predicted octanol–water partition coefficient (Wildman–Crippen LogP) is 5.38. The first-order valence-corrected chi connectivity index (χ1v) is 11.2. The van der Waals surface area contributed by atoms with Crippen molar-refractivity contribution >= 4 is 31.8 Å². The number of allylic oxidation sites excluding steroid dienone is 1. The van der Waals surface area contributed by atoms with Gasteiger partial charge in [-0.05, 0) is 53.6 Å². The van der Waals surface area contributed by atoms with Gasteiger partial charge in [-0.15, -0.1) is 0 Å². The second-order valence-electron chi connectivity index (χ2n) is 6.26. The molecule has 0 N–H and O–H groups in total. The highest BCUT2D eigenvalue weighted by Crippen LogP contribution is 2.31. The number of methoxy groups -OCH3 is 1. The largest absolute Gasteiger partial charge is 0.493 e. The number of benzene rings is 3. The van der Waals surface area contributed by atoms with Crippen LogP contribution in [0.2, 0.25) is 0 Å². The minimum absolute atomic E-state index is 0.0687. The normalized spacial score (nSPS) is 11.6. The quantitative estimate of drug-likeness (QED) is 0.421. The number of hydrogen-bond donors (Lipinski definition) is 0. The van der Waals surface area contributed by atoms with Gasteiger partial charge in [0, 0.05) is 4.47 Å². The summed E-state index contributed by atoms with van der Waals surface area (Å²) in [6.07, 6.45) is 1.32. The molecule has 0 aromatic heterocycles. The fraction of sp³-hybridized carbons (Fsp3) is 0.0870. The summed E-state index contributed by atoms with van der Waals surface area (Å²) in [6.45, 7) is 0.352. The number of rotatable bonds is 7. The van der Waals surface area contributed by atoms with Crippen molar-refractivity contribution in [3.63, 3.8) is 0 Å². The van der Waals surface area contributed by atoms with E-state index < -0.39 is 9.84 Å². The smallest absolute Gasteiger partial charge is 0.216 e. The SMILES string of the molecule is COc1cc(C=C(C#N)S(=O)(=O)c2ccccc2)ccc1OCc1ccc(Br)cc1. The van der Waals surface area contributed by atoms with Crippen LogP contribution in [0.1, 0.15) is 11.1 Å². The monoisotopic (exact) mass is 483 g/mol. The molecule has 0 unspecified atom stereocenters. The highest BCUT2D eigenvalue weighted by molar-refractivity contribution is 9.10. The van der Waals surface area contributed by atoms with Crippen molar-refractivity contribution in [3.05, 3.63) is 93.3 Å². The summed E-state index contributed by atoms with van der Waals surface area (Å²) < 4.78 is 37.6. The molecular weight excluding hydrogens is 466 g/mol. The Morgan fingerprint density at radius 1 is 1.03 bits per heavy atom. The molecule has 7 heteroatoms. The van der Waals surface area contributed by atoms with Crippen LogP contribution in [-0.4, -0.2) is 15.5 Å². The van der Waals surface area contributed by atoms with Gasteiger partial charge in [-0.1, -0.05) is 52.3 Å². The Kier molecular flexibility index (Phi) is 6.93. The van der Waals surface area contributed by atoms with Gasteiger partial charge in [0.25, 0.3) is 0 Å². The molecule has 0 fully saturated rings. The van der Waals surface area contributed by atoms with Crippen molar-refractivity contribution in [3.8, 4) is 17.6 Å². The van der Waals surface area contributed by atoms with Crippen LogP contribution in [0.15, 0.2) is 87.1 Å². The van der Waals surface area contributed by atoms with Crippen molar-refractivity contribution in [2.75, 3.05) is 7.11 Å². The maximum Gasteiger partial charge on any atom is 0.216 e. The maximum atomic E-state index is 12.7. The van der Waals surface area contributed by atoms with Crippen LogP contribution >= 0.6 is 15.9 Å². The summed E-state index contributed by atoms with van der Waals surface area (Å²) in [4.78, 5) is -0.279. The molecule has 3 aromatic carbocycles. The van der Waals surface area contributed by atoms with Gasteiger partial charge in [0.2, 0.25) is 9.84 Å². The second-order valence-corrected chi connectivity index (χ2v) is 9.10. The summed E-state index contributed by atoms with van der Waals surface area (Å²) >= 11 is 3.39. The van der Waals surface area contributed by atoms with Crippen LogP contribution in [0.25, 0.3) is 6.08 Å². The van der Waals surface area contributed by atoms with Gasteiger partial charge in [-0.2, -0.15) is 5.26 Å². The Labute approximate surface area is 184 Å². The van der Waals surface area contributed by atoms with Crippen molar-refractivity contribution < 1.29 is 17.9 Å². The molecule has 0 bridgehead atoms. The lowest BCUT2D eigenvalue weighted by atomic mass is 10.2. The van der Waals surface area contributed by atoms with Gasteiger partial charge in [0.05, 0.1) is 12.0 Å². The summed E-state index contributed by atoms with van der Waals surface area (Å²) in [7, 11) is -2.40. The Hall–Kier alpha value is -3.08.